The van der Waals surface area contributed by atoms with E-state index in [2.05, 4.69) is 10.3 Å². The van der Waals surface area contributed by atoms with Gasteiger partial charge in [0, 0.05) is 41.7 Å². The molecule has 2 aromatic rings. The van der Waals surface area contributed by atoms with Crippen molar-refractivity contribution in [3.63, 3.8) is 0 Å². The predicted octanol–water partition coefficient (Wildman–Crippen LogP) is 4.94. The van der Waals surface area contributed by atoms with E-state index in [9.17, 15) is 9.59 Å². The number of dihydropyridines is 1. The second-order valence-corrected chi connectivity index (χ2v) is 9.38. The first kappa shape index (κ1) is 22.4. The molecule has 0 saturated heterocycles. The van der Waals surface area contributed by atoms with Crippen LogP contribution in [0.3, 0.4) is 0 Å². The van der Waals surface area contributed by atoms with Crippen molar-refractivity contribution in [2.24, 2.45) is 0 Å². The van der Waals surface area contributed by atoms with Crippen LogP contribution in [0.4, 0.5) is 0 Å². The average Bonchev–Trinajstić information content (AvgIpc) is 3.36. The van der Waals surface area contributed by atoms with Crippen molar-refractivity contribution in [1.29, 1.82) is 0 Å². The van der Waals surface area contributed by atoms with Crippen LogP contribution in [0.25, 0.3) is 0 Å². The molecule has 1 aromatic heterocycles. The first-order valence-electron chi connectivity index (χ1n) is 12.0. The van der Waals surface area contributed by atoms with Gasteiger partial charge >= 0.3 is 5.97 Å². The number of carbonyl (C=O) groups is 2. The number of ether oxygens (including phenoxy) is 2. The van der Waals surface area contributed by atoms with E-state index in [1.54, 1.807) is 19.5 Å². The van der Waals surface area contributed by atoms with Crippen LogP contribution < -0.4 is 10.1 Å². The average molecular weight is 459 g/mol. The summed E-state index contributed by atoms with van der Waals surface area (Å²) in [6.07, 6.45) is 8.47. The second kappa shape index (κ2) is 9.45. The molecule has 3 aliphatic rings. The van der Waals surface area contributed by atoms with Gasteiger partial charge in [-0.3, -0.25) is 9.78 Å². The third kappa shape index (κ3) is 4.25. The van der Waals surface area contributed by atoms with E-state index in [1.807, 2.05) is 43.3 Å². The first-order chi connectivity index (χ1) is 16.5. The molecule has 34 heavy (non-hydrogen) atoms. The Morgan fingerprint density at radius 1 is 1.00 bits per heavy atom. The number of allylic oxidation sites excluding steroid dienone is 3. The summed E-state index contributed by atoms with van der Waals surface area (Å²) >= 11 is 0. The van der Waals surface area contributed by atoms with E-state index in [1.165, 1.54) is 0 Å². The van der Waals surface area contributed by atoms with Gasteiger partial charge in [-0.1, -0.05) is 12.1 Å². The molecule has 1 fully saturated rings. The molecule has 0 radical (unpaired) electrons. The molecule has 6 nitrogen and oxygen atoms in total. The Morgan fingerprint density at radius 3 is 2.38 bits per heavy atom. The van der Waals surface area contributed by atoms with Crippen LogP contribution >= 0.6 is 0 Å². The van der Waals surface area contributed by atoms with Gasteiger partial charge in [0.1, 0.15) is 11.9 Å². The monoisotopic (exact) mass is 458 g/mol. The molecule has 2 heterocycles. The number of carbonyl (C=O) groups excluding carboxylic acids is 2. The molecule has 1 N–H and O–H groups in total. The zero-order valence-corrected chi connectivity index (χ0v) is 19.7. The van der Waals surface area contributed by atoms with Crippen LogP contribution in [0.1, 0.15) is 68.4 Å². The van der Waals surface area contributed by atoms with Crippen LogP contribution in [0.2, 0.25) is 0 Å². The fourth-order valence-corrected chi connectivity index (χ4v) is 5.53. The molecule has 1 aromatic carbocycles. The number of nitrogens with one attached hydrogen (secondary N) is 1. The number of aromatic nitrogens is 1. The number of rotatable bonds is 5. The van der Waals surface area contributed by atoms with Crippen LogP contribution in [0, 0.1) is 0 Å². The van der Waals surface area contributed by atoms with Crippen molar-refractivity contribution in [2.75, 3.05) is 7.11 Å². The number of ketones is 1. The van der Waals surface area contributed by atoms with Crippen LogP contribution in [0.5, 0.6) is 5.75 Å². The Labute approximate surface area is 200 Å². The highest BCUT2D eigenvalue weighted by Gasteiger charge is 2.42. The van der Waals surface area contributed by atoms with Gasteiger partial charge < -0.3 is 14.8 Å². The molecule has 2 atom stereocenters. The van der Waals surface area contributed by atoms with Crippen molar-refractivity contribution >= 4 is 11.8 Å². The van der Waals surface area contributed by atoms with E-state index < -0.39 is 5.92 Å². The zero-order valence-electron chi connectivity index (χ0n) is 19.7. The van der Waals surface area contributed by atoms with Gasteiger partial charge in [-0.15, -0.1) is 0 Å². The maximum Gasteiger partial charge on any atom is 0.337 e. The van der Waals surface area contributed by atoms with Gasteiger partial charge in [-0.2, -0.15) is 0 Å². The Kier molecular flexibility index (Phi) is 6.22. The van der Waals surface area contributed by atoms with Crippen LogP contribution in [0.15, 0.2) is 71.3 Å². The number of Topliss-reactive ketones (excluding diaryl/α,β-unsaturated/α-hetero) is 1. The van der Waals surface area contributed by atoms with E-state index in [0.717, 1.165) is 54.0 Å². The molecule has 1 aliphatic heterocycles. The minimum absolute atomic E-state index is 0.0391. The Hall–Kier alpha value is -3.41. The number of methoxy groups -OCH3 is 1. The maximum absolute atomic E-state index is 13.6. The van der Waals surface area contributed by atoms with E-state index in [-0.39, 0.29) is 23.8 Å². The van der Waals surface area contributed by atoms with Gasteiger partial charge in [0.15, 0.2) is 5.78 Å². The number of esters is 1. The SMILES string of the molecule is COc1ccc(C2CC(=O)C3=C(C2)NC(C)=C(C(=O)OC2CCCC2)C3c2ccncc2)cc1. The summed E-state index contributed by atoms with van der Waals surface area (Å²) in [5.41, 5.74) is 4.86. The van der Waals surface area contributed by atoms with Crippen LogP contribution in [-0.4, -0.2) is 30.0 Å². The molecule has 5 rings (SSSR count). The molecule has 1 saturated carbocycles. The summed E-state index contributed by atoms with van der Waals surface area (Å²) in [5, 5.41) is 3.42. The lowest BCUT2D eigenvalue weighted by Gasteiger charge is -2.37. The zero-order chi connectivity index (χ0) is 23.7. The van der Waals surface area contributed by atoms with Crippen molar-refractivity contribution in [3.05, 3.63) is 82.5 Å². The van der Waals surface area contributed by atoms with Gasteiger partial charge in [0.05, 0.1) is 12.7 Å². The molecule has 2 unspecified atom stereocenters. The Morgan fingerprint density at radius 2 is 1.71 bits per heavy atom. The summed E-state index contributed by atoms with van der Waals surface area (Å²) in [4.78, 5) is 31.2. The summed E-state index contributed by atoms with van der Waals surface area (Å²) in [6, 6.07) is 11.7. The summed E-state index contributed by atoms with van der Waals surface area (Å²) in [5.74, 6) is 0.161. The number of pyridine rings is 1. The Bertz CT molecular complexity index is 1140. The highest BCUT2D eigenvalue weighted by atomic mass is 16.5. The van der Waals surface area contributed by atoms with Gasteiger partial charge in [0.25, 0.3) is 0 Å². The van der Waals surface area contributed by atoms with Gasteiger partial charge in [-0.25, -0.2) is 4.79 Å². The largest absolute Gasteiger partial charge is 0.497 e. The standard InChI is InChI=1S/C28H30N2O4/c1-17-25(28(32)34-22-5-3-4-6-22)26(19-11-13-29-14-12-19)27-23(30-17)15-20(16-24(27)31)18-7-9-21(33-2)10-8-18/h7-14,20,22,26,30H,3-6,15-16H2,1-2H3. The highest BCUT2D eigenvalue weighted by molar-refractivity contribution is 6.04. The van der Waals surface area contributed by atoms with Crippen molar-refractivity contribution in [3.8, 4) is 5.75 Å². The predicted molar refractivity (Wildman–Crippen MR) is 128 cm³/mol. The number of hydrogen-bond acceptors (Lipinski definition) is 6. The summed E-state index contributed by atoms with van der Waals surface area (Å²) in [6.45, 7) is 1.91. The Balaban J connectivity index is 1.50. The van der Waals surface area contributed by atoms with Gasteiger partial charge in [-0.05, 0) is 80.3 Å². The quantitative estimate of drug-likeness (QED) is 0.640. The third-order valence-corrected chi connectivity index (χ3v) is 7.25. The van der Waals surface area contributed by atoms with Crippen LogP contribution in [-0.2, 0) is 14.3 Å². The topological polar surface area (TPSA) is 77.5 Å². The fraction of sp³-hybridized carbons (Fsp3) is 0.393. The molecular formula is C28H30N2O4. The molecule has 0 bridgehead atoms. The lowest BCUT2D eigenvalue weighted by atomic mass is 9.72. The third-order valence-electron chi connectivity index (χ3n) is 7.25. The number of hydrogen-bond donors (Lipinski definition) is 1. The van der Waals surface area contributed by atoms with E-state index in [0.29, 0.717) is 24.0 Å². The van der Waals surface area contributed by atoms with Crippen molar-refractivity contribution in [1.82, 2.24) is 10.3 Å². The van der Waals surface area contributed by atoms with Crippen molar-refractivity contribution in [2.45, 2.75) is 63.4 Å². The van der Waals surface area contributed by atoms with E-state index >= 15 is 0 Å². The lowest BCUT2D eigenvalue weighted by Crippen LogP contribution is -2.36. The lowest BCUT2D eigenvalue weighted by molar-refractivity contribution is -0.144. The normalized spacial score (nSPS) is 22.9. The van der Waals surface area contributed by atoms with Crippen molar-refractivity contribution < 1.29 is 19.1 Å². The van der Waals surface area contributed by atoms with Gasteiger partial charge in [0.2, 0.25) is 0 Å². The molecule has 0 spiro atoms. The molecule has 0 amide bonds. The maximum atomic E-state index is 13.6. The second-order valence-electron chi connectivity index (χ2n) is 9.38. The summed E-state index contributed by atoms with van der Waals surface area (Å²) < 4.78 is 11.2. The molecule has 176 valence electrons. The number of nitrogens with zero attached hydrogens (tertiary/aromatic N) is 1. The molecule has 6 heteroatoms. The fourth-order valence-electron chi connectivity index (χ4n) is 5.53. The minimum Gasteiger partial charge on any atom is -0.497 e. The summed E-state index contributed by atoms with van der Waals surface area (Å²) in [7, 11) is 1.64. The number of benzene rings is 1. The molecular weight excluding hydrogens is 428 g/mol. The first-order valence-corrected chi connectivity index (χ1v) is 12.0. The van der Waals surface area contributed by atoms with E-state index in [4.69, 9.17) is 9.47 Å². The smallest absolute Gasteiger partial charge is 0.337 e. The minimum atomic E-state index is -0.447. The molecule has 2 aliphatic carbocycles. The highest BCUT2D eigenvalue weighted by Crippen LogP contribution is 2.46.